The summed E-state index contributed by atoms with van der Waals surface area (Å²) in [5.41, 5.74) is 12.6. The molecule has 2 rings (SSSR count). The van der Waals surface area contributed by atoms with Gasteiger partial charge in [-0.1, -0.05) is 30.3 Å². The second-order valence-electron chi connectivity index (χ2n) is 4.38. The topological polar surface area (TPSA) is 92.5 Å². The summed E-state index contributed by atoms with van der Waals surface area (Å²) in [6.07, 6.45) is -1.44. The summed E-state index contributed by atoms with van der Waals surface area (Å²) in [4.78, 5) is 0. The second-order valence-corrected chi connectivity index (χ2v) is 4.38. The number of rotatable bonds is 4. The van der Waals surface area contributed by atoms with Crippen LogP contribution in [0.3, 0.4) is 0 Å². The zero-order valence-electron chi connectivity index (χ0n) is 10.1. The standard InChI is InChI=1S/C14H18N2O2/c15-8-7-13(17)14(18)11-5-6-12(16)10-4-2-1-3-9(10)11/h1-6,13-14,17-18H,7-8,15-16H2. The van der Waals surface area contributed by atoms with Crippen molar-refractivity contribution in [3.05, 3.63) is 42.0 Å². The zero-order valence-corrected chi connectivity index (χ0v) is 10.1. The molecule has 0 saturated heterocycles. The number of aliphatic hydroxyl groups excluding tert-OH is 2. The molecule has 4 heteroatoms. The Balaban J connectivity index is 2.48. The predicted molar refractivity (Wildman–Crippen MR) is 73.0 cm³/mol. The van der Waals surface area contributed by atoms with Crippen LogP contribution in [-0.2, 0) is 0 Å². The van der Waals surface area contributed by atoms with Gasteiger partial charge in [0.25, 0.3) is 0 Å². The van der Waals surface area contributed by atoms with E-state index < -0.39 is 12.2 Å². The minimum atomic E-state index is -0.945. The molecule has 0 aliphatic carbocycles. The fourth-order valence-electron chi connectivity index (χ4n) is 2.14. The summed E-state index contributed by atoms with van der Waals surface area (Å²) in [6.45, 7) is 0.338. The van der Waals surface area contributed by atoms with E-state index in [1.54, 1.807) is 12.1 Å². The average Bonchev–Trinajstić information content (AvgIpc) is 2.39. The molecule has 0 aromatic heterocycles. The molecule has 2 aromatic carbocycles. The highest BCUT2D eigenvalue weighted by atomic mass is 16.3. The number of hydrogen-bond donors (Lipinski definition) is 4. The van der Waals surface area contributed by atoms with Crippen LogP contribution in [0.5, 0.6) is 0 Å². The Bertz CT molecular complexity index is 542. The van der Waals surface area contributed by atoms with Crippen LogP contribution in [0.25, 0.3) is 10.8 Å². The van der Waals surface area contributed by atoms with Gasteiger partial charge in [0.2, 0.25) is 0 Å². The Hall–Kier alpha value is -1.62. The summed E-state index contributed by atoms with van der Waals surface area (Å²) in [7, 11) is 0. The molecular formula is C14H18N2O2. The minimum absolute atomic E-state index is 0.338. The number of aliphatic hydroxyl groups is 2. The Morgan fingerprint density at radius 2 is 1.67 bits per heavy atom. The molecule has 96 valence electrons. The summed E-state index contributed by atoms with van der Waals surface area (Å²) in [6, 6.07) is 11.1. The fourth-order valence-corrected chi connectivity index (χ4v) is 2.14. The lowest BCUT2D eigenvalue weighted by molar-refractivity contribution is 0.0159. The van der Waals surface area contributed by atoms with Crippen molar-refractivity contribution in [2.24, 2.45) is 5.73 Å². The number of nitrogens with two attached hydrogens (primary N) is 2. The van der Waals surface area contributed by atoms with Crippen LogP contribution in [0.1, 0.15) is 18.1 Å². The Labute approximate surface area is 106 Å². The first-order valence-electron chi connectivity index (χ1n) is 5.98. The molecule has 0 heterocycles. The van der Waals surface area contributed by atoms with Crippen molar-refractivity contribution in [3.8, 4) is 0 Å². The fraction of sp³-hybridized carbons (Fsp3) is 0.286. The number of anilines is 1. The number of fused-ring (bicyclic) bond motifs is 1. The molecule has 2 aromatic rings. The third-order valence-electron chi connectivity index (χ3n) is 3.14. The molecule has 18 heavy (non-hydrogen) atoms. The first-order chi connectivity index (χ1) is 8.65. The van der Waals surface area contributed by atoms with E-state index in [2.05, 4.69) is 0 Å². The third kappa shape index (κ3) is 2.31. The molecular weight excluding hydrogens is 228 g/mol. The molecule has 6 N–H and O–H groups in total. The SMILES string of the molecule is NCCC(O)C(O)c1ccc(N)c2ccccc12. The Morgan fingerprint density at radius 1 is 1.00 bits per heavy atom. The van der Waals surface area contributed by atoms with Gasteiger partial charge in [-0.25, -0.2) is 0 Å². The summed E-state index contributed by atoms with van der Waals surface area (Å²) in [5, 5.41) is 21.7. The average molecular weight is 246 g/mol. The van der Waals surface area contributed by atoms with Crippen LogP contribution >= 0.6 is 0 Å². The predicted octanol–water partition coefficient (Wildman–Crippen LogP) is 1.17. The van der Waals surface area contributed by atoms with Gasteiger partial charge in [0.1, 0.15) is 6.10 Å². The number of hydrogen-bond acceptors (Lipinski definition) is 4. The van der Waals surface area contributed by atoms with Crippen molar-refractivity contribution in [2.45, 2.75) is 18.6 Å². The third-order valence-corrected chi connectivity index (χ3v) is 3.14. The van der Waals surface area contributed by atoms with E-state index in [1.165, 1.54) is 0 Å². The highest BCUT2D eigenvalue weighted by Crippen LogP contribution is 2.30. The second kappa shape index (κ2) is 5.35. The summed E-state index contributed by atoms with van der Waals surface area (Å²) < 4.78 is 0. The first kappa shape index (κ1) is 12.8. The van der Waals surface area contributed by atoms with Gasteiger partial charge < -0.3 is 21.7 Å². The van der Waals surface area contributed by atoms with Crippen molar-refractivity contribution in [1.82, 2.24) is 0 Å². The minimum Gasteiger partial charge on any atom is -0.398 e. The lowest BCUT2D eigenvalue weighted by Gasteiger charge is -2.19. The summed E-state index contributed by atoms with van der Waals surface area (Å²) >= 11 is 0. The first-order valence-corrected chi connectivity index (χ1v) is 5.98. The molecule has 0 bridgehead atoms. The van der Waals surface area contributed by atoms with Crippen molar-refractivity contribution in [2.75, 3.05) is 12.3 Å². The lowest BCUT2D eigenvalue weighted by atomic mass is 9.95. The maximum atomic E-state index is 10.2. The van der Waals surface area contributed by atoms with Gasteiger partial charge in [0, 0.05) is 11.1 Å². The van der Waals surface area contributed by atoms with Crippen molar-refractivity contribution in [3.63, 3.8) is 0 Å². The van der Waals surface area contributed by atoms with E-state index in [0.29, 0.717) is 24.2 Å². The monoisotopic (exact) mass is 246 g/mol. The quantitative estimate of drug-likeness (QED) is 0.609. The smallest absolute Gasteiger partial charge is 0.105 e. The molecule has 0 aliphatic heterocycles. The van der Waals surface area contributed by atoms with Crippen LogP contribution in [-0.4, -0.2) is 22.9 Å². The molecule has 4 nitrogen and oxygen atoms in total. The maximum absolute atomic E-state index is 10.2. The summed E-state index contributed by atoms with van der Waals surface area (Å²) in [5.74, 6) is 0. The lowest BCUT2D eigenvalue weighted by Crippen LogP contribution is -2.22. The van der Waals surface area contributed by atoms with Crippen molar-refractivity contribution < 1.29 is 10.2 Å². The Morgan fingerprint density at radius 3 is 2.33 bits per heavy atom. The number of nitrogen functional groups attached to an aromatic ring is 1. The van der Waals surface area contributed by atoms with E-state index >= 15 is 0 Å². The molecule has 0 radical (unpaired) electrons. The number of benzene rings is 2. The van der Waals surface area contributed by atoms with Crippen LogP contribution < -0.4 is 11.5 Å². The van der Waals surface area contributed by atoms with E-state index in [1.807, 2.05) is 24.3 Å². The molecule has 0 fully saturated rings. The van der Waals surface area contributed by atoms with Gasteiger partial charge in [-0.3, -0.25) is 0 Å². The van der Waals surface area contributed by atoms with Gasteiger partial charge in [0.05, 0.1) is 6.10 Å². The van der Waals surface area contributed by atoms with Gasteiger partial charge in [-0.2, -0.15) is 0 Å². The van der Waals surface area contributed by atoms with Crippen molar-refractivity contribution >= 4 is 16.5 Å². The van der Waals surface area contributed by atoms with Crippen LogP contribution in [0, 0.1) is 0 Å². The van der Waals surface area contributed by atoms with E-state index in [9.17, 15) is 10.2 Å². The van der Waals surface area contributed by atoms with E-state index in [0.717, 1.165) is 10.8 Å². The highest BCUT2D eigenvalue weighted by Gasteiger charge is 2.19. The van der Waals surface area contributed by atoms with E-state index in [-0.39, 0.29) is 0 Å². The molecule has 0 spiro atoms. The molecule has 0 amide bonds. The highest BCUT2D eigenvalue weighted by molar-refractivity contribution is 5.95. The molecule has 0 saturated carbocycles. The van der Waals surface area contributed by atoms with Gasteiger partial charge in [-0.05, 0) is 30.0 Å². The van der Waals surface area contributed by atoms with Crippen LogP contribution in [0.4, 0.5) is 5.69 Å². The van der Waals surface area contributed by atoms with Crippen molar-refractivity contribution in [1.29, 1.82) is 0 Å². The zero-order chi connectivity index (χ0) is 13.1. The molecule has 2 unspecified atom stereocenters. The van der Waals surface area contributed by atoms with Crippen LogP contribution in [0.15, 0.2) is 36.4 Å². The molecule has 0 aliphatic rings. The van der Waals surface area contributed by atoms with Gasteiger partial charge in [0.15, 0.2) is 0 Å². The van der Waals surface area contributed by atoms with Gasteiger partial charge in [-0.15, -0.1) is 0 Å². The molecule has 2 atom stereocenters. The Kier molecular flexibility index (Phi) is 3.81. The van der Waals surface area contributed by atoms with Gasteiger partial charge >= 0.3 is 0 Å². The van der Waals surface area contributed by atoms with Crippen LogP contribution in [0.2, 0.25) is 0 Å². The maximum Gasteiger partial charge on any atom is 0.105 e. The normalized spacial score (nSPS) is 14.6. The van der Waals surface area contributed by atoms with E-state index in [4.69, 9.17) is 11.5 Å². The largest absolute Gasteiger partial charge is 0.398 e.